The summed E-state index contributed by atoms with van der Waals surface area (Å²) in [6.45, 7) is 11.9. The van der Waals surface area contributed by atoms with Crippen molar-refractivity contribution in [3.63, 3.8) is 0 Å². The topological polar surface area (TPSA) is 50.2 Å². The third-order valence-electron chi connectivity index (χ3n) is 5.13. The van der Waals surface area contributed by atoms with Crippen LogP contribution in [0.2, 0.25) is 0 Å². The Bertz CT molecular complexity index is 955. The van der Waals surface area contributed by atoms with Gasteiger partial charge in [0.05, 0.1) is 11.4 Å². The van der Waals surface area contributed by atoms with E-state index in [1.165, 1.54) is 5.56 Å². The van der Waals surface area contributed by atoms with Crippen LogP contribution < -0.4 is 5.32 Å². The number of carbonyl (C=O) groups excluding carboxylic acids is 1. The maximum Gasteiger partial charge on any atom is 0.251 e. The van der Waals surface area contributed by atoms with Gasteiger partial charge in [0.15, 0.2) is 0 Å². The van der Waals surface area contributed by atoms with Crippen LogP contribution in [-0.2, 0) is 13.1 Å². The molecule has 1 amide bonds. The first kappa shape index (κ1) is 20.8. The normalized spacial score (nSPS) is 11.1. The highest BCUT2D eigenvalue weighted by atomic mass is 16.1. The summed E-state index contributed by atoms with van der Waals surface area (Å²) in [5.41, 5.74) is 6.04. The molecule has 0 radical (unpaired) electrons. The average Bonchev–Trinajstić information content (AvgIpc) is 3.08. The molecule has 0 unspecified atom stereocenters. The number of carbonyl (C=O) groups is 1. The molecule has 5 heteroatoms. The van der Waals surface area contributed by atoms with Crippen molar-refractivity contribution < 1.29 is 4.79 Å². The molecule has 0 bridgehead atoms. The fourth-order valence-electron chi connectivity index (χ4n) is 3.47. The van der Waals surface area contributed by atoms with Gasteiger partial charge in [-0.3, -0.25) is 9.69 Å². The van der Waals surface area contributed by atoms with Gasteiger partial charge in [0.2, 0.25) is 0 Å². The lowest BCUT2D eigenvalue weighted by Gasteiger charge is -2.18. The summed E-state index contributed by atoms with van der Waals surface area (Å²) >= 11 is 0. The molecular formula is C24H30N4O. The van der Waals surface area contributed by atoms with Crippen molar-refractivity contribution in [1.82, 2.24) is 20.0 Å². The Kier molecular flexibility index (Phi) is 6.83. The third-order valence-corrected chi connectivity index (χ3v) is 5.13. The first-order chi connectivity index (χ1) is 14.0. The Morgan fingerprint density at radius 3 is 2.31 bits per heavy atom. The van der Waals surface area contributed by atoms with Crippen LogP contribution in [0.25, 0.3) is 5.69 Å². The zero-order chi connectivity index (χ0) is 20.8. The predicted octanol–water partition coefficient (Wildman–Crippen LogP) is 4.26. The first-order valence-electron chi connectivity index (χ1n) is 10.2. The van der Waals surface area contributed by atoms with Crippen molar-refractivity contribution in [2.45, 2.75) is 40.8 Å². The fourth-order valence-corrected chi connectivity index (χ4v) is 3.47. The van der Waals surface area contributed by atoms with E-state index in [0.29, 0.717) is 12.1 Å². The Morgan fingerprint density at radius 2 is 1.69 bits per heavy atom. The third kappa shape index (κ3) is 5.33. The SMILES string of the molecule is CCN(CC)Cc1cccc(CNC(=O)c2ccc(-n3nc(C)cc3C)cc2)c1. The van der Waals surface area contributed by atoms with Gasteiger partial charge in [-0.2, -0.15) is 5.10 Å². The molecule has 0 atom stereocenters. The molecule has 29 heavy (non-hydrogen) atoms. The maximum absolute atomic E-state index is 12.6. The summed E-state index contributed by atoms with van der Waals surface area (Å²) in [5.74, 6) is -0.0703. The van der Waals surface area contributed by atoms with Crippen LogP contribution in [0.5, 0.6) is 0 Å². The Hall–Kier alpha value is -2.92. The Balaban J connectivity index is 1.61. The van der Waals surface area contributed by atoms with Crippen LogP contribution in [0.4, 0.5) is 0 Å². The van der Waals surface area contributed by atoms with E-state index in [4.69, 9.17) is 0 Å². The van der Waals surface area contributed by atoms with E-state index in [9.17, 15) is 4.79 Å². The van der Waals surface area contributed by atoms with Gasteiger partial charge in [-0.05, 0) is 68.4 Å². The van der Waals surface area contributed by atoms with Crippen LogP contribution in [0, 0.1) is 13.8 Å². The molecule has 5 nitrogen and oxygen atoms in total. The van der Waals surface area contributed by atoms with Crippen molar-refractivity contribution >= 4 is 5.91 Å². The van der Waals surface area contributed by atoms with E-state index in [0.717, 1.165) is 42.3 Å². The molecule has 0 saturated heterocycles. The molecule has 1 N–H and O–H groups in total. The summed E-state index contributed by atoms with van der Waals surface area (Å²) in [7, 11) is 0. The largest absolute Gasteiger partial charge is 0.348 e. The number of nitrogens with zero attached hydrogens (tertiary/aromatic N) is 3. The molecule has 0 aliphatic rings. The van der Waals surface area contributed by atoms with Crippen LogP contribution >= 0.6 is 0 Å². The number of nitrogens with one attached hydrogen (secondary N) is 1. The van der Waals surface area contributed by atoms with Crippen LogP contribution in [0.15, 0.2) is 54.6 Å². The quantitative estimate of drug-likeness (QED) is 0.625. The molecule has 3 rings (SSSR count). The fraction of sp³-hybridized carbons (Fsp3) is 0.333. The number of aryl methyl sites for hydroxylation is 2. The number of hydrogen-bond acceptors (Lipinski definition) is 3. The molecule has 3 aromatic rings. The smallest absolute Gasteiger partial charge is 0.251 e. The van der Waals surface area contributed by atoms with E-state index in [-0.39, 0.29) is 5.91 Å². The minimum absolute atomic E-state index is 0.0703. The monoisotopic (exact) mass is 390 g/mol. The Labute approximate surface area is 173 Å². The van der Waals surface area contributed by atoms with E-state index in [1.54, 1.807) is 0 Å². The van der Waals surface area contributed by atoms with E-state index in [2.05, 4.69) is 53.4 Å². The predicted molar refractivity (Wildman–Crippen MR) is 117 cm³/mol. The molecule has 1 heterocycles. The van der Waals surface area contributed by atoms with Crippen LogP contribution in [0.1, 0.15) is 46.7 Å². The van der Waals surface area contributed by atoms with Gasteiger partial charge in [-0.25, -0.2) is 4.68 Å². The van der Waals surface area contributed by atoms with Crippen molar-refractivity contribution in [3.05, 3.63) is 82.7 Å². The van der Waals surface area contributed by atoms with Crippen molar-refractivity contribution in [2.24, 2.45) is 0 Å². The second-order valence-electron chi connectivity index (χ2n) is 7.35. The standard InChI is InChI=1S/C24H30N4O/c1-5-27(6-2)17-21-9-7-8-20(15-21)16-25-24(29)22-10-12-23(13-11-22)28-19(4)14-18(3)26-28/h7-15H,5-6,16-17H2,1-4H3,(H,25,29). The number of benzene rings is 2. The lowest BCUT2D eigenvalue weighted by Crippen LogP contribution is -2.24. The van der Waals surface area contributed by atoms with Gasteiger partial charge < -0.3 is 5.32 Å². The highest BCUT2D eigenvalue weighted by Gasteiger charge is 2.08. The summed E-state index contributed by atoms with van der Waals surface area (Å²) in [5, 5.41) is 7.51. The van der Waals surface area contributed by atoms with Gasteiger partial charge >= 0.3 is 0 Å². The molecular weight excluding hydrogens is 360 g/mol. The molecule has 0 spiro atoms. The highest BCUT2D eigenvalue weighted by molar-refractivity contribution is 5.94. The molecule has 0 fully saturated rings. The lowest BCUT2D eigenvalue weighted by atomic mass is 10.1. The molecule has 0 aliphatic heterocycles. The Morgan fingerprint density at radius 1 is 1.00 bits per heavy atom. The minimum Gasteiger partial charge on any atom is -0.348 e. The van der Waals surface area contributed by atoms with Gasteiger partial charge in [0.1, 0.15) is 0 Å². The second-order valence-corrected chi connectivity index (χ2v) is 7.35. The molecule has 0 aliphatic carbocycles. The summed E-state index contributed by atoms with van der Waals surface area (Å²) in [6.07, 6.45) is 0. The van der Waals surface area contributed by atoms with E-state index < -0.39 is 0 Å². The number of hydrogen-bond donors (Lipinski definition) is 1. The molecule has 2 aromatic carbocycles. The van der Waals surface area contributed by atoms with Gasteiger partial charge in [0.25, 0.3) is 5.91 Å². The minimum atomic E-state index is -0.0703. The average molecular weight is 391 g/mol. The summed E-state index contributed by atoms with van der Waals surface area (Å²) in [6, 6.07) is 18.0. The number of rotatable bonds is 8. The number of amides is 1. The van der Waals surface area contributed by atoms with Gasteiger partial charge in [-0.1, -0.05) is 38.1 Å². The maximum atomic E-state index is 12.6. The molecule has 152 valence electrons. The second kappa shape index (κ2) is 9.52. The zero-order valence-corrected chi connectivity index (χ0v) is 17.8. The van der Waals surface area contributed by atoms with Crippen molar-refractivity contribution in [3.8, 4) is 5.69 Å². The highest BCUT2D eigenvalue weighted by Crippen LogP contribution is 2.14. The van der Waals surface area contributed by atoms with Crippen molar-refractivity contribution in [2.75, 3.05) is 13.1 Å². The van der Waals surface area contributed by atoms with E-state index >= 15 is 0 Å². The zero-order valence-electron chi connectivity index (χ0n) is 17.8. The lowest BCUT2D eigenvalue weighted by molar-refractivity contribution is 0.0951. The molecule has 1 aromatic heterocycles. The van der Waals surface area contributed by atoms with Gasteiger partial charge in [0, 0.05) is 24.3 Å². The van der Waals surface area contributed by atoms with Gasteiger partial charge in [-0.15, -0.1) is 0 Å². The number of aromatic nitrogens is 2. The van der Waals surface area contributed by atoms with Crippen molar-refractivity contribution in [1.29, 1.82) is 0 Å². The van der Waals surface area contributed by atoms with Crippen LogP contribution in [-0.4, -0.2) is 33.7 Å². The van der Waals surface area contributed by atoms with Crippen LogP contribution in [0.3, 0.4) is 0 Å². The molecule has 0 saturated carbocycles. The first-order valence-corrected chi connectivity index (χ1v) is 10.2. The van der Waals surface area contributed by atoms with E-state index in [1.807, 2.05) is 48.9 Å². The summed E-state index contributed by atoms with van der Waals surface area (Å²) < 4.78 is 1.89. The summed E-state index contributed by atoms with van der Waals surface area (Å²) in [4.78, 5) is 14.9.